The molecule has 84 valence electrons. The first-order valence-electron chi connectivity index (χ1n) is 6.16. The highest BCUT2D eigenvalue weighted by Crippen LogP contribution is 2.21. The van der Waals surface area contributed by atoms with E-state index in [9.17, 15) is 0 Å². The summed E-state index contributed by atoms with van der Waals surface area (Å²) >= 11 is 0. The smallest absolute Gasteiger partial charge is 0.0249 e. The van der Waals surface area contributed by atoms with E-state index in [1.54, 1.807) is 0 Å². The van der Waals surface area contributed by atoms with E-state index in [1.165, 1.54) is 25.8 Å². The number of hydrogen-bond donors (Lipinski definition) is 1. The van der Waals surface area contributed by atoms with E-state index < -0.39 is 0 Å². The Hall–Kier alpha value is -0.0800. The Kier molecular flexibility index (Phi) is 4.90. The molecule has 14 heavy (non-hydrogen) atoms. The van der Waals surface area contributed by atoms with Crippen LogP contribution in [0, 0.1) is 0 Å². The summed E-state index contributed by atoms with van der Waals surface area (Å²) in [7, 11) is 0. The van der Waals surface area contributed by atoms with E-state index in [0.29, 0.717) is 12.1 Å². The van der Waals surface area contributed by atoms with E-state index in [1.807, 2.05) is 0 Å². The lowest BCUT2D eigenvalue weighted by Crippen LogP contribution is -2.53. The van der Waals surface area contributed by atoms with Gasteiger partial charge < -0.3 is 5.32 Å². The lowest BCUT2D eigenvalue weighted by molar-refractivity contribution is 0.0881. The number of nitrogens with one attached hydrogen (secondary N) is 1. The Balaban J connectivity index is 2.53. The topological polar surface area (TPSA) is 15.3 Å². The molecule has 2 atom stereocenters. The van der Waals surface area contributed by atoms with Gasteiger partial charge in [-0.25, -0.2) is 0 Å². The molecule has 1 fully saturated rings. The quantitative estimate of drug-likeness (QED) is 0.745. The molecule has 0 bridgehead atoms. The van der Waals surface area contributed by atoms with Gasteiger partial charge in [0.15, 0.2) is 0 Å². The summed E-state index contributed by atoms with van der Waals surface area (Å²) in [5.41, 5.74) is 0. The van der Waals surface area contributed by atoms with E-state index in [4.69, 9.17) is 0 Å². The number of rotatable bonds is 4. The first-order valence-corrected chi connectivity index (χ1v) is 6.16. The van der Waals surface area contributed by atoms with Crippen LogP contribution >= 0.6 is 0 Å². The standard InChI is InChI=1S/C12H26N2/c1-5-13-11(4)12-8-6-7-9-14(12)10(2)3/h10-13H,5-9H2,1-4H3. The molecular weight excluding hydrogens is 172 g/mol. The summed E-state index contributed by atoms with van der Waals surface area (Å²) in [6.07, 6.45) is 4.16. The number of likely N-dealkylation sites (N-methyl/N-ethyl adjacent to an activating group) is 1. The summed E-state index contributed by atoms with van der Waals surface area (Å²) in [6.45, 7) is 11.5. The fourth-order valence-electron chi connectivity index (χ4n) is 2.62. The van der Waals surface area contributed by atoms with Crippen molar-refractivity contribution in [2.24, 2.45) is 0 Å². The Bertz CT molecular complexity index is 156. The minimum absolute atomic E-state index is 0.641. The van der Waals surface area contributed by atoms with Crippen molar-refractivity contribution in [3.05, 3.63) is 0 Å². The molecule has 2 unspecified atom stereocenters. The van der Waals surface area contributed by atoms with Crippen LogP contribution in [0.15, 0.2) is 0 Å². The lowest BCUT2D eigenvalue weighted by Gasteiger charge is -2.42. The summed E-state index contributed by atoms with van der Waals surface area (Å²) < 4.78 is 0. The van der Waals surface area contributed by atoms with Crippen molar-refractivity contribution in [3.8, 4) is 0 Å². The second-order valence-corrected chi connectivity index (χ2v) is 4.74. The third-order valence-electron chi connectivity index (χ3n) is 3.36. The molecule has 1 N–H and O–H groups in total. The average molecular weight is 198 g/mol. The number of likely N-dealkylation sites (tertiary alicyclic amines) is 1. The number of piperidine rings is 1. The van der Waals surface area contributed by atoms with Gasteiger partial charge >= 0.3 is 0 Å². The van der Waals surface area contributed by atoms with Crippen LogP contribution in [0.1, 0.15) is 47.0 Å². The van der Waals surface area contributed by atoms with Gasteiger partial charge in [0.25, 0.3) is 0 Å². The molecule has 0 radical (unpaired) electrons. The highest BCUT2D eigenvalue weighted by molar-refractivity contribution is 4.86. The second kappa shape index (κ2) is 5.72. The van der Waals surface area contributed by atoms with E-state index in [0.717, 1.165) is 12.6 Å². The molecule has 0 spiro atoms. The van der Waals surface area contributed by atoms with E-state index in [-0.39, 0.29) is 0 Å². The third-order valence-corrected chi connectivity index (χ3v) is 3.36. The minimum Gasteiger partial charge on any atom is -0.313 e. The van der Waals surface area contributed by atoms with Crippen LogP contribution in [0.4, 0.5) is 0 Å². The van der Waals surface area contributed by atoms with E-state index in [2.05, 4.69) is 37.9 Å². The zero-order chi connectivity index (χ0) is 10.6. The Morgan fingerprint density at radius 1 is 1.29 bits per heavy atom. The molecule has 1 heterocycles. The first kappa shape index (κ1) is 12.0. The van der Waals surface area contributed by atoms with Crippen LogP contribution in [0.3, 0.4) is 0 Å². The van der Waals surface area contributed by atoms with Gasteiger partial charge in [0.05, 0.1) is 0 Å². The largest absolute Gasteiger partial charge is 0.313 e. The molecule has 1 aliphatic heterocycles. The molecule has 1 rings (SSSR count). The first-order chi connectivity index (χ1) is 6.66. The summed E-state index contributed by atoms with van der Waals surface area (Å²) in [5.74, 6) is 0. The second-order valence-electron chi connectivity index (χ2n) is 4.74. The van der Waals surface area contributed by atoms with Crippen molar-refractivity contribution in [3.63, 3.8) is 0 Å². The third kappa shape index (κ3) is 2.96. The average Bonchev–Trinajstić information content (AvgIpc) is 2.18. The van der Waals surface area contributed by atoms with Crippen LogP contribution in [0.25, 0.3) is 0 Å². The zero-order valence-electron chi connectivity index (χ0n) is 10.2. The molecule has 0 aromatic heterocycles. The van der Waals surface area contributed by atoms with Crippen molar-refractivity contribution in [1.29, 1.82) is 0 Å². The van der Waals surface area contributed by atoms with Crippen LogP contribution in [-0.2, 0) is 0 Å². The van der Waals surface area contributed by atoms with Crippen LogP contribution in [-0.4, -0.2) is 36.1 Å². The molecule has 0 aliphatic carbocycles. The molecule has 2 heteroatoms. The predicted molar refractivity (Wildman–Crippen MR) is 62.6 cm³/mol. The molecule has 0 aromatic carbocycles. The highest BCUT2D eigenvalue weighted by Gasteiger charge is 2.28. The van der Waals surface area contributed by atoms with Crippen molar-refractivity contribution in [1.82, 2.24) is 10.2 Å². The Morgan fingerprint density at radius 2 is 2.00 bits per heavy atom. The molecular formula is C12H26N2. The van der Waals surface area contributed by atoms with Crippen LogP contribution in [0.5, 0.6) is 0 Å². The monoisotopic (exact) mass is 198 g/mol. The summed E-state index contributed by atoms with van der Waals surface area (Å²) in [4.78, 5) is 2.66. The van der Waals surface area contributed by atoms with Gasteiger partial charge in [-0.3, -0.25) is 4.90 Å². The predicted octanol–water partition coefficient (Wildman–Crippen LogP) is 2.25. The van der Waals surface area contributed by atoms with Gasteiger partial charge in [0.1, 0.15) is 0 Å². The molecule has 1 saturated heterocycles. The van der Waals surface area contributed by atoms with Crippen molar-refractivity contribution >= 4 is 0 Å². The fraction of sp³-hybridized carbons (Fsp3) is 1.00. The molecule has 0 saturated carbocycles. The lowest BCUT2D eigenvalue weighted by atomic mass is 9.95. The maximum atomic E-state index is 3.56. The number of hydrogen-bond acceptors (Lipinski definition) is 2. The minimum atomic E-state index is 0.641. The van der Waals surface area contributed by atoms with Crippen molar-refractivity contribution in [2.75, 3.05) is 13.1 Å². The number of nitrogens with zero attached hydrogens (tertiary/aromatic N) is 1. The maximum absolute atomic E-state index is 3.56. The normalized spacial score (nSPS) is 26.8. The van der Waals surface area contributed by atoms with Crippen molar-refractivity contribution in [2.45, 2.75) is 65.1 Å². The van der Waals surface area contributed by atoms with Crippen molar-refractivity contribution < 1.29 is 0 Å². The molecule has 0 amide bonds. The maximum Gasteiger partial charge on any atom is 0.0249 e. The SMILES string of the molecule is CCNC(C)C1CCCCN1C(C)C. The van der Waals surface area contributed by atoms with Gasteiger partial charge in [-0.05, 0) is 46.7 Å². The van der Waals surface area contributed by atoms with Crippen LogP contribution < -0.4 is 5.32 Å². The summed E-state index contributed by atoms with van der Waals surface area (Å²) in [6, 6.07) is 2.09. The highest BCUT2D eigenvalue weighted by atomic mass is 15.2. The molecule has 2 nitrogen and oxygen atoms in total. The van der Waals surface area contributed by atoms with Gasteiger partial charge in [-0.15, -0.1) is 0 Å². The van der Waals surface area contributed by atoms with Gasteiger partial charge in [0.2, 0.25) is 0 Å². The van der Waals surface area contributed by atoms with Gasteiger partial charge in [-0.2, -0.15) is 0 Å². The van der Waals surface area contributed by atoms with E-state index >= 15 is 0 Å². The van der Waals surface area contributed by atoms with Gasteiger partial charge in [0, 0.05) is 18.1 Å². The Labute approximate surface area is 89.1 Å². The molecule has 1 aliphatic rings. The zero-order valence-corrected chi connectivity index (χ0v) is 10.2. The van der Waals surface area contributed by atoms with Gasteiger partial charge in [-0.1, -0.05) is 13.3 Å². The fourth-order valence-corrected chi connectivity index (χ4v) is 2.62. The summed E-state index contributed by atoms with van der Waals surface area (Å²) in [5, 5.41) is 3.56. The van der Waals surface area contributed by atoms with Crippen LogP contribution in [0.2, 0.25) is 0 Å². The Morgan fingerprint density at radius 3 is 2.57 bits per heavy atom. The molecule has 0 aromatic rings.